The molecule has 1 aliphatic heterocycles. The van der Waals surface area contributed by atoms with Crippen LogP contribution in [0.4, 0.5) is 4.39 Å². The number of nitrogens with zero attached hydrogens (tertiary/aromatic N) is 1. The highest BCUT2D eigenvalue weighted by Crippen LogP contribution is 2.82. The fourth-order valence-corrected chi connectivity index (χ4v) is 9.82. The molecule has 1 N–H and O–H groups in total. The lowest BCUT2D eigenvalue weighted by Gasteiger charge is -2.58. The number of morpholine rings is 1. The van der Waals surface area contributed by atoms with E-state index in [4.69, 9.17) is 9.47 Å². The number of hydrogen-bond donors (Lipinski definition) is 1. The molecule has 7 nitrogen and oxygen atoms in total. The second-order valence-electron chi connectivity index (χ2n) is 13.4. The average Bonchev–Trinajstić information content (AvgIpc) is 3.49. The molecule has 3 saturated carbocycles. The molecule has 1 aromatic carbocycles. The number of allylic oxidation sites excluding steroid dienone is 1. The third kappa shape index (κ3) is 3.50. The van der Waals surface area contributed by atoms with Crippen molar-refractivity contribution < 1.29 is 33.4 Å². The van der Waals surface area contributed by atoms with Crippen molar-refractivity contribution in [3.05, 3.63) is 47.3 Å². The molecule has 8 heteroatoms. The van der Waals surface area contributed by atoms with Crippen LogP contribution in [0.3, 0.4) is 0 Å². The zero-order chi connectivity index (χ0) is 28.6. The molecule has 1 amide bonds. The zero-order valence-corrected chi connectivity index (χ0v) is 23.8. The first-order valence-corrected chi connectivity index (χ1v) is 14.7. The Balaban J connectivity index is 1.32. The summed E-state index contributed by atoms with van der Waals surface area (Å²) in [6.07, 6.45) is 5.29. The molecule has 1 heterocycles. The second kappa shape index (κ2) is 9.48. The number of hydrogen-bond acceptors (Lipinski definition) is 5. The first-order chi connectivity index (χ1) is 19.0. The second-order valence-corrected chi connectivity index (χ2v) is 13.4. The SMILES string of the molecule is CC(C)C1=CC2C[C@]3(C=O)C4CC[C@@H](C)C4CC2(CO[C@H]2CN(C(=O)c4ccc(F)cc4)C[C@@H](C)O2)C13C(=O)O. The van der Waals surface area contributed by atoms with Gasteiger partial charge in [0.2, 0.25) is 0 Å². The Hall–Kier alpha value is -2.58. The van der Waals surface area contributed by atoms with Crippen LogP contribution in [-0.4, -0.2) is 60.3 Å². The molecule has 40 heavy (non-hydrogen) atoms. The standard InChI is InChI=1S/C32H40FNO6/c1-18(2)26-11-22-12-30(16-35)25-10-5-19(3)24(25)13-31(22,32(26,30)29(37)38)17-39-27-15-34(14-20(4)40-27)28(36)21-6-8-23(33)9-7-21/h6-9,11,16,18-20,22,24-25,27H,5,10,12-15,17H2,1-4H3,(H,37,38)/t19-,20-,22?,24?,25?,27-,30+,31?,32?/m1/s1. The number of carboxylic acid groups (broad SMARTS) is 1. The van der Waals surface area contributed by atoms with Gasteiger partial charge in [-0.15, -0.1) is 0 Å². The van der Waals surface area contributed by atoms with E-state index in [2.05, 4.69) is 13.0 Å². The quantitative estimate of drug-likeness (QED) is 0.379. The molecule has 0 spiro atoms. The average molecular weight is 554 g/mol. The molecule has 1 aromatic rings. The number of fused-ring (bicyclic) bond motifs is 2. The number of aliphatic carboxylic acids is 1. The van der Waals surface area contributed by atoms with Crippen molar-refractivity contribution in [2.75, 3.05) is 19.7 Å². The predicted molar refractivity (Wildman–Crippen MR) is 145 cm³/mol. The minimum absolute atomic E-state index is 0.00903. The van der Waals surface area contributed by atoms with Crippen molar-refractivity contribution >= 4 is 18.2 Å². The molecule has 4 aliphatic carbocycles. The van der Waals surface area contributed by atoms with Crippen LogP contribution in [0.2, 0.25) is 0 Å². The van der Waals surface area contributed by atoms with Crippen LogP contribution in [-0.2, 0) is 19.1 Å². The van der Waals surface area contributed by atoms with Crippen molar-refractivity contribution in [1.82, 2.24) is 4.90 Å². The largest absolute Gasteiger partial charge is 0.481 e. The fraction of sp³-hybridized carbons (Fsp3) is 0.656. The molecule has 0 radical (unpaired) electrons. The number of benzene rings is 1. The van der Waals surface area contributed by atoms with Crippen LogP contribution in [0.15, 0.2) is 35.9 Å². The molecular weight excluding hydrogens is 513 g/mol. The summed E-state index contributed by atoms with van der Waals surface area (Å²) in [5.41, 5.74) is -1.75. The molecule has 0 aromatic heterocycles. The maximum Gasteiger partial charge on any atom is 0.315 e. The van der Waals surface area contributed by atoms with E-state index in [1.54, 1.807) is 4.90 Å². The monoisotopic (exact) mass is 553 g/mol. The first-order valence-electron chi connectivity index (χ1n) is 14.7. The van der Waals surface area contributed by atoms with Gasteiger partial charge in [0.15, 0.2) is 6.29 Å². The molecule has 1 saturated heterocycles. The van der Waals surface area contributed by atoms with E-state index >= 15 is 0 Å². The van der Waals surface area contributed by atoms with Crippen LogP contribution < -0.4 is 0 Å². The van der Waals surface area contributed by atoms with E-state index in [1.165, 1.54) is 24.3 Å². The van der Waals surface area contributed by atoms with E-state index < -0.39 is 34.3 Å². The Kier molecular flexibility index (Phi) is 6.54. The number of amides is 1. The van der Waals surface area contributed by atoms with Gasteiger partial charge in [0.1, 0.15) is 17.5 Å². The maximum absolute atomic E-state index is 13.6. The minimum Gasteiger partial charge on any atom is -0.481 e. The smallest absolute Gasteiger partial charge is 0.315 e. The number of rotatable bonds is 7. The lowest BCUT2D eigenvalue weighted by atomic mass is 9.43. The minimum atomic E-state index is -1.31. The van der Waals surface area contributed by atoms with Gasteiger partial charge in [-0.1, -0.05) is 38.8 Å². The number of aldehydes is 1. The Morgan fingerprint density at radius 1 is 1.18 bits per heavy atom. The van der Waals surface area contributed by atoms with Gasteiger partial charge in [0.25, 0.3) is 5.91 Å². The summed E-state index contributed by atoms with van der Waals surface area (Å²) in [5, 5.41) is 11.1. The van der Waals surface area contributed by atoms with Gasteiger partial charge in [-0.25, -0.2) is 4.39 Å². The molecule has 216 valence electrons. The summed E-state index contributed by atoms with van der Waals surface area (Å²) in [6, 6.07) is 5.48. The Morgan fingerprint density at radius 2 is 1.90 bits per heavy atom. The van der Waals surface area contributed by atoms with Crippen molar-refractivity contribution in [1.29, 1.82) is 0 Å². The number of carbonyl (C=O) groups excluding carboxylic acids is 2. The van der Waals surface area contributed by atoms with Gasteiger partial charge < -0.3 is 24.3 Å². The Bertz CT molecular complexity index is 1250. The van der Waals surface area contributed by atoms with Crippen LogP contribution >= 0.6 is 0 Å². The van der Waals surface area contributed by atoms with Gasteiger partial charge >= 0.3 is 5.97 Å². The highest BCUT2D eigenvalue weighted by molar-refractivity contribution is 5.94. The van der Waals surface area contributed by atoms with Crippen molar-refractivity contribution in [3.63, 3.8) is 0 Å². The Labute approximate surface area is 235 Å². The van der Waals surface area contributed by atoms with E-state index in [9.17, 15) is 23.9 Å². The van der Waals surface area contributed by atoms with E-state index in [0.717, 1.165) is 24.7 Å². The third-order valence-electron chi connectivity index (χ3n) is 11.3. The van der Waals surface area contributed by atoms with Crippen LogP contribution in [0.25, 0.3) is 0 Å². The number of carbonyl (C=O) groups is 3. The van der Waals surface area contributed by atoms with Crippen LogP contribution in [0.1, 0.15) is 63.7 Å². The maximum atomic E-state index is 13.6. The van der Waals surface area contributed by atoms with Gasteiger partial charge in [-0.05, 0) is 80.0 Å². The summed E-state index contributed by atoms with van der Waals surface area (Å²) in [4.78, 5) is 41.7. The van der Waals surface area contributed by atoms with Gasteiger partial charge in [-0.2, -0.15) is 0 Å². The topological polar surface area (TPSA) is 93.1 Å². The molecular formula is C32H40FNO6. The molecule has 4 fully saturated rings. The van der Waals surface area contributed by atoms with Crippen molar-refractivity contribution in [2.24, 2.45) is 45.8 Å². The Morgan fingerprint density at radius 3 is 2.55 bits per heavy atom. The van der Waals surface area contributed by atoms with E-state index in [0.29, 0.717) is 30.9 Å². The van der Waals surface area contributed by atoms with Gasteiger partial charge in [0.05, 0.1) is 24.7 Å². The van der Waals surface area contributed by atoms with Crippen molar-refractivity contribution in [2.45, 2.75) is 65.8 Å². The summed E-state index contributed by atoms with van der Waals surface area (Å²) >= 11 is 0. The predicted octanol–water partition coefficient (Wildman–Crippen LogP) is 4.95. The summed E-state index contributed by atoms with van der Waals surface area (Å²) < 4.78 is 26.1. The number of carboxylic acids is 1. The summed E-state index contributed by atoms with van der Waals surface area (Å²) in [5.74, 6) is -0.865. The molecule has 5 unspecified atom stereocenters. The highest BCUT2D eigenvalue weighted by Gasteiger charge is 2.84. The zero-order valence-electron chi connectivity index (χ0n) is 23.8. The van der Waals surface area contributed by atoms with Crippen LogP contribution in [0, 0.1) is 51.7 Å². The molecule has 6 rings (SSSR count). The normalized spacial score (nSPS) is 41.6. The summed E-state index contributed by atoms with van der Waals surface area (Å²) in [6.45, 7) is 8.87. The van der Waals surface area contributed by atoms with E-state index in [1.807, 2.05) is 20.8 Å². The van der Waals surface area contributed by atoms with E-state index in [-0.39, 0.29) is 48.8 Å². The third-order valence-corrected chi connectivity index (χ3v) is 11.3. The molecule has 9 atom stereocenters. The van der Waals surface area contributed by atoms with Crippen molar-refractivity contribution in [3.8, 4) is 0 Å². The fourth-order valence-electron chi connectivity index (χ4n) is 9.82. The number of ether oxygens (including phenoxy) is 2. The lowest BCUT2D eigenvalue weighted by Crippen LogP contribution is -2.64. The van der Waals surface area contributed by atoms with Crippen LogP contribution in [0.5, 0.6) is 0 Å². The molecule has 5 aliphatic rings. The molecule has 4 bridgehead atoms. The lowest BCUT2D eigenvalue weighted by molar-refractivity contribution is -0.232. The van der Waals surface area contributed by atoms with Gasteiger partial charge in [0, 0.05) is 17.5 Å². The number of halogens is 1. The summed E-state index contributed by atoms with van der Waals surface area (Å²) in [7, 11) is 0. The first kappa shape index (κ1) is 27.6. The highest BCUT2D eigenvalue weighted by atomic mass is 19.1. The van der Waals surface area contributed by atoms with Gasteiger partial charge in [-0.3, -0.25) is 9.59 Å².